The van der Waals surface area contributed by atoms with Gasteiger partial charge in [-0.1, -0.05) is 0 Å². The lowest BCUT2D eigenvalue weighted by Crippen LogP contribution is -2.37. The number of rotatable bonds is 2. The standard InChI is InChI=1S/C14H15N3O/c1-11-4-2-3-7-17(11)14-6-5-13(18-14)8-12(9-15)10-16/h5-6,8,11H,2-4,7H2,1H3/t11-/m0/s1. The van der Waals surface area contributed by atoms with Gasteiger partial charge in [0, 0.05) is 24.7 Å². The highest BCUT2D eigenvalue weighted by atomic mass is 16.4. The third kappa shape index (κ3) is 2.55. The van der Waals surface area contributed by atoms with Crippen LogP contribution in [0.3, 0.4) is 0 Å². The van der Waals surface area contributed by atoms with E-state index in [0.717, 1.165) is 12.4 Å². The third-order valence-electron chi connectivity index (χ3n) is 3.23. The molecule has 1 aromatic heterocycles. The summed E-state index contributed by atoms with van der Waals surface area (Å²) in [6, 6.07) is 7.83. The molecule has 92 valence electrons. The fourth-order valence-electron chi connectivity index (χ4n) is 2.23. The Balaban J connectivity index is 2.18. The van der Waals surface area contributed by atoms with E-state index in [2.05, 4.69) is 11.8 Å². The maximum atomic E-state index is 8.69. The van der Waals surface area contributed by atoms with Crippen molar-refractivity contribution in [2.24, 2.45) is 0 Å². The average Bonchev–Trinajstić information content (AvgIpc) is 2.85. The summed E-state index contributed by atoms with van der Waals surface area (Å²) in [5.41, 5.74) is 0.0580. The third-order valence-corrected chi connectivity index (χ3v) is 3.23. The number of nitriles is 2. The predicted molar refractivity (Wildman–Crippen MR) is 68.6 cm³/mol. The first-order valence-corrected chi connectivity index (χ1v) is 6.13. The molecule has 0 N–H and O–H groups in total. The summed E-state index contributed by atoms with van der Waals surface area (Å²) in [6.07, 6.45) is 5.08. The fourth-order valence-corrected chi connectivity index (χ4v) is 2.23. The molecule has 18 heavy (non-hydrogen) atoms. The molecule has 0 aromatic carbocycles. The van der Waals surface area contributed by atoms with Gasteiger partial charge in [0.1, 0.15) is 23.5 Å². The molecule has 2 rings (SSSR count). The maximum absolute atomic E-state index is 8.69. The molecule has 4 heteroatoms. The zero-order valence-electron chi connectivity index (χ0n) is 10.4. The van der Waals surface area contributed by atoms with Gasteiger partial charge in [-0.2, -0.15) is 10.5 Å². The Morgan fingerprint density at radius 3 is 2.83 bits per heavy atom. The Morgan fingerprint density at radius 1 is 1.39 bits per heavy atom. The highest BCUT2D eigenvalue weighted by molar-refractivity contribution is 5.60. The van der Waals surface area contributed by atoms with E-state index in [4.69, 9.17) is 14.9 Å². The second-order valence-electron chi connectivity index (χ2n) is 4.50. The van der Waals surface area contributed by atoms with Crippen LogP contribution >= 0.6 is 0 Å². The summed E-state index contributed by atoms with van der Waals surface area (Å²) in [5, 5.41) is 17.4. The molecule has 1 atom stereocenters. The van der Waals surface area contributed by atoms with Gasteiger partial charge >= 0.3 is 0 Å². The number of nitrogens with zero attached hydrogens (tertiary/aromatic N) is 3. The Bertz CT molecular complexity index is 514. The number of allylic oxidation sites excluding steroid dienone is 1. The molecular weight excluding hydrogens is 226 g/mol. The molecule has 0 unspecified atom stereocenters. The number of hydrogen-bond donors (Lipinski definition) is 0. The van der Waals surface area contributed by atoms with Gasteiger partial charge in [0.15, 0.2) is 5.88 Å². The van der Waals surface area contributed by atoms with E-state index in [9.17, 15) is 0 Å². The van der Waals surface area contributed by atoms with E-state index in [1.54, 1.807) is 6.07 Å². The maximum Gasteiger partial charge on any atom is 0.196 e. The van der Waals surface area contributed by atoms with Gasteiger partial charge in [0.25, 0.3) is 0 Å². The quantitative estimate of drug-likeness (QED) is 0.746. The Labute approximate surface area is 107 Å². The van der Waals surface area contributed by atoms with Gasteiger partial charge in [0.05, 0.1) is 0 Å². The monoisotopic (exact) mass is 241 g/mol. The molecule has 4 nitrogen and oxygen atoms in total. The second kappa shape index (κ2) is 5.42. The van der Waals surface area contributed by atoms with Crippen molar-refractivity contribution in [2.75, 3.05) is 11.4 Å². The summed E-state index contributed by atoms with van der Waals surface area (Å²) in [4.78, 5) is 2.24. The van der Waals surface area contributed by atoms with Crippen molar-refractivity contribution in [1.29, 1.82) is 10.5 Å². The van der Waals surface area contributed by atoms with E-state index < -0.39 is 0 Å². The SMILES string of the molecule is C[C@H]1CCCCN1c1ccc(C=C(C#N)C#N)o1. The second-order valence-corrected chi connectivity index (χ2v) is 4.50. The molecule has 2 heterocycles. The van der Waals surface area contributed by atoms with Crippen molar-refractivity contribution < 1.29 is 4.42 Å². The van der Waals surface area contributed by atoms with Crippen LogP contribution in [-0.4, -0.2) is 12.6 Å². The molecule has 0 spiro atoms. The summed E-state index contributed by atoms with van der Waals surface area (Å²) >= 11 is 0. The molecule has 0 amide bonds. The number of piperidine rings is 1. The van der Waals surface area contributed by atoms with Crippen molar-refractivity contribution in [1.82, 2.24) is 0 Å². The predicted octanol–water partition coefficient (Wildman–Crippen LogP) is 3.09. The summed E-state index contributed by atoms with van der Waals surface area (Å²) in [5.74, 6) is 1.38. The van der Waals surface area contributed by atoms with Gasteiger partial charge < -0.3 is 9.32 Å². The minimum absolute atomic E-state index is 0.0580. The number of furan rings is 1. The molecule has 0 aliphatic carbocycles. The van der Waals surface area contributed by atoms with Crippen molar-refractivity contribution in [3.63, 3.8) is 0 Å². The lowest BCUT2D eigenvalue weighted by Gasteiger charge is -2.33. The molecule has 1 fully saturated rings. The van der Waals surface area contributed by atoms with Crippen molar-refractivity contribution in [2.45, 2.75) is 32.2 Å². The molecular formula is C14H15N3O. The largest absolute Gasteiger partial charge is 0.441 e. The summed E-state index contributed by atoms with van der Waals surface area (Å²) in [7, 11) is 0. The first-order valence-electron chi connectivity index (χ1n) is 6.13. The minimum atomic E-state index is 0.0580. The highest BCUT2D eigenvalue weighted by Gasteiger charge is 2.20. The number of anilines is 1. The van der Waals surface area contributed by atoms with Crippen LogP contribution in [0.15, 0.2) is 22.1 Å². The zero-order chi connectivity index (χ0) is 13.0. The molecule has 1 aliphatic heterocycles. The molecule has 1 aliphatic rings. The molecule has 0 radical (unpaired) electrons. The van der Waals surface area contributed by atoms with E-state index in [0.29, 0.717) is 11.8 Å². The lowest BCUT2D eigenvalue weighted by atomic mass is 10.0. The van der Waals surface area contributed by atoms with E-state index in [1.165, 1.54) is 25.3 Å². The van der Waals surface area contributed by atoms with E-state index in [1.807, 2.05) is 18.2 Å². The first kappa shape index (κ1) is 12.3. The van der Waals surface area contributed by atoms with Crippen molar-refractivity contribution in [3.8, 4) is 12.1 Å². The van der Waals surface area contributed by atoms with Crippen molar-refractivity contribution >= 4 is 12.0 Å². The minimum Gasteiger partial charge on any atom is -0.441 e. The van der Waals surface area contributed by atoms with Crippen LogP contribution in [0.1, 0.15) is 31.9 Å². The first-order chi connectivity index (χ1) is 8.74. The van der Waals surface area contributed by atoms with E-state index >= 15 is 0 Å². The Kier molecular flexibility index (Phi) is 3.69. The Hall–Kier alpha value is -2.20. The van der Waals surface area contributed by atoms with E-state index in [-0.39, 0.29) is 5.57 Å². The van der Waals surface area contributed by atoms with Crippen LogP contribution in [0.4, 0.5) is 5.88 Å². The number of hydrogen-bond acceptors (Lipinski definition) is 4. The summed E-state index contributed by atoms with van der Waals surface area (Å²) < 4.78 is 5.68. The van der Waals surface area contributed by atoms with Gasteiger partial charge in [-0.25, -0.2) is 0 Å². The van der Waals surface area contributed by atoms with Crippen molar-refractivity contribution in [3.05, 3.63) is 23.5 Å². The fraction of sp³-hybridized carbons (Fsp3) is 0.429. The van der Waals surface area contributed by atoms with Crippen LogP contribution in [0.25, 0.3) is 6.08 Å². The molecule has 0 saturated carbocycles. The van der Waals surface area contributed by atoms with Crippen LogP contribution in [-0.2, 0) is 0 Å². The lowest BCUT2D eigenvalue weighted by molar-refractivity contribution is 0.439. The normalized spacial score (nSPS) is 18.8. The van der Waals surface area contributed by atoms with Gasteiger partial charge in [-0.3, -0.25) is 0 Å². The molecule has 1 aromatic rings. The van der Waals surface area contributed by atoms with Crippen LogP contribution in [0.5, 0.6) is 0 Å². The smallest absolute Gasteiger partial charge is 0.196 e. The highest BCUT2D eigenvalue weighted by Crippen LogP contribution is 2.27. The molecule has 0 bridgehead atoms. The summed E-state index contributed by atoms with van der Waals surface area (Å²) in [6.45, 7) is 3.19. The molecule has 1 saturated heterocycles. The van der Waals surface area contributed by atoms with Gasteiger partial charge in [-0.05, 0) is 32.3 Å². The Morgan fingerprint density at radius 2 is 2.17 bits per heavy atom. The van der Waals surface area contributed by atoms with Gasteiger partial charge in [0.2, 0.25) is 0 Å². The average molecular weight is 241 g/mol. The zero-order valence-corrected chi connectivity index (χ0v) is 10.4. The van der Waals surface area contributed by atoms with Crippen LogP contribution < -0.4 is 4.90 Å². The van der Waals surface area contributed by atoms with Crippen LogP contribution in [0, 0.1) is 22.7 Å². The van der Waals surface area contributed by atoms with Crippen LogP contribution in [0.2, 0.25) is 0 Å². The topological polar surface area (TPSA) is 64.0 Å². The van der Waals surface area contributed by atoms with Gasteiger partial charge in [-0.15, -0.1) is 0 Å².